The summed E-state index contributed by atoms with van der Waals surface area (Å²) in [6.07, 6.45) is 4.80. The van der Waals surface area contributed by atoms with Gasteiger partial charge in [0.05, 0.1) is 0 Å². The second kappa shape index (κ2) is 10.4. The quantitative estimate of drug-likeness (QED) is 0.559. The number of carbonyl (C=O) groups excluding carboxylic acids is 1. The van der Waals surface area contributed by atoms with E-state index in [1.54, 1.807) is 6.07 Å². The van der Waals surface area contributed by atoms with Crippen LogP contribution < -0.4 is 9.47 Å². The number of halogens is 1. The van der Waals surface area contributed by atoms with E-state index in [9.17, 15) is 4.79 Å². The van der Waals surface area contributed by atoms with Gasteiger partial charge in [-0.15, -0.1) is 0 Å². The third-order valence-electron chi connectivity index (χ3n) is 6.22. The third-order valence-corrected chi connectivity index (χ3v) is 6.57. The molecule has 0 aliphatic carbocycles. The Morgan fingerprint density at radius 1 is 1.13 bits per heavy atom. The summed E-state index contributed by atoms with van der Waals surface area (Å²) in [6, 6.07) is 14.7. The zero-order valence-electron chi connectivity index (χ0n) is 18.2. The van der Waals surface area contributed by atoms with Crippen molar-refractivity contribution in [3.8, 4) is 11.5 Å². The fourth-order valence-corrected chi connectivity index (χ4v) is 4.62. The summed E-state index contributed by atoms with van der Waals surface area (Å²) in [7, 11) is 0. The molecular weight excluding hydrogens is 412 g/mol. The minimum absolute atomic E-state index is 0.200. The highest BCUT2D eigenvalue weighted by molar-refractivity contribution is 6.31. The van der Waals surface area contributed by atoms with Gasteiger partial charge in [0, 0.05) is 43.2 Å². The lowest BCUT2D eigenvalue weighted by Crippen LogP contribution is -2.36. The van der Waals surface area contributed by atoms with Crippen molar-refractivity contribution < 1.29 is 14.3 Å². The normalized spacial score (nSPS) is 18.5. The van der Waals surface area contributed by atoms with Gasteiger partial charge < -0.3 is 14.4 Å². The molecule has 2 aromatic rings. The standard InChI is InChI=1S/C25H31ClN2O3/c1-2-3-12-27(16-19-7-5-4-6-8-19)21-9-10-25(29)28(13-11-21)17-20-14-23-24(15-22(20)26)31-18-30-23/h4-8,14-15,21H,2-3,9-13,16-18H2,1H3/t21-/m0/s1. The molecule has 5 nitrogen and oxygen atoms in total. The molecule has 31 heavy (non-hydrogen) atoms. The van der Waals surface area contributed by atoms with Crippen LogP contribution in [0.15, 0.2) is 42.5 Å². The molecule has 0 N–H and O–H groups in total. The molecule has 2 aromatic carbocycles. The summed E-state index contributed by atoms with van der Waals surface area (Å²) in [6.45, 7) is 5.70. The first-order valence-corrected chi connectivity index (χ1v) is 11.7. The maximum atomic E-state index is 12.9. The molecule has 0 bridgehead atoms. The predicted molar refractivity (Wildman–Crippen MR) is 122 cm³/mol. The Kier molecular flexibility index (Phi) is 7.36. The van der Waals surface area contributed by atoms with Gasteiger partial charge in [-0.2, -0.15) is 0 Å². The molecular formula is C25H31ClN2O3. The highest BCUT2D eigenvalue weighted by Crippen LogP contribution is 2.37. The van der Waals surface area contributed by atoms with Crippen molar-refractivity contribution in [1.82, 2.24) is 9.80 Å². The van der Waals surface area contributed by atoms with Crippen LogP contribution in [0.1, 0.15) is 50.2 Å². The molecule has 6 heteroatoms. The van der Waals surface area contributed by atoms with Crippen LogP contribution in [0.25, 0.3) is 0 Å². The molecule has 0 spiro atoms. The van der Waals surface area contributed by atoms with Crippen molar-refractivity contribution in [2.75, 3.05) is 19.9 Å². The lowest BCUT2D eigenvalue weighted by Gasteiger charge is -2.31. The molecule has 0 saturated carbocycles. The number of rotatable bonds is 8. The maximum Gasteiger partial charge on any atom is 0.231 e. The molecule has 1 fully saturated rings. The Morgan fingerprint density at radius 3 is 2.68 bits per heavy atom. The molecule has 1 atom stereocenters. The number of nitrogens with zero attached hydrogens (tertiary/aromatic N) is 2. The zero-order valence-corrected chi connectivity index (χ0v) is 18.9. The van der Waals surface area contributed by atoms with Gasteiger partial charge in [0.1, 0.15) is 0 Å². The molecule has 1 amide bonds. The molecule has 4 rings (SSSR count). The fraction of sp³-hybridized carbons (Fsp3) is 0.480. The van der Waals surface area contributed by atoms with E-state index in [2.05, 4.69) is 42.2 Å². The van der Waals surface area contributed by atoms with Crippen LogP contribution in [0.3, 0.4) is 0 Å². The van der Waals surface area contributed by atoms with Crippen molar-refractivity contribution in [2.45, 2.75) is 58.2 Å². The Balaban J connectivity index is 1.43. The minimum Gasteiger partial charge on any atom is -0.454 e. The number of fused-ring (bicyclic) bond motifs is 1. The smallest absolute Gasteiger partial charge is 0.231 e. The van der Waals surface area contributed by atoms with E-state index in [-0.39, 0.29) is 12.7 Å². The van der Waals surface area contributed by atoms with Crippen molar-refractivity contribution in [3.63, 3.8) is 0 Å². The van der Waals surface area contributed by atoms with Gasteiger partial charge in [-0.05, 0) is 43.0 Å². The van der Waals surface area contributed by atoms with Crippen molar-refractivity contribution in [3.05, 3.63) is 58.6 Å². The molecule has 2 aliphatic rings. The van der Waals surface area contributed by atoms with Crippen LogP contribution >= 0.6 is 11.6 Å². The lowest BCUT2D eigenvalue weighted by molar-refractivity contribution is -0.131. The Labute approximate surface area is 189 Å². The topological polar surface area (TPSA) is 42.0 Å². The Hall–Kier alpha value is -2.24. The first-order valence-electron chi connectivity index (χ1n) is 11.3. The SMILES string of the molecule is CCCCN(Cc1ccccc1)[C@H]1CCC(=O)N(Cc2cc3c(cc2Cl)OCO3)CC1. The van der Waals surface area contributed by atoms with Crippen LogP contribution in [-0.2, 0) is 17.9 Å². The van der Waals surface area contributed by atoms with Crippen LogP contribution in [0.4, 0.5) is 0 Å². The zero-order chi connectivity index (χ0) is 21.6. The molecule has 2 aliphatic heterocycles. The number of amides is 1. The lowest BCUT2D eigenvalue weighted by atomic mass is 10.1. The number of ether oxygens (including phenoxy) is 2. The average Bonchev–Trinajstić information content (AvgIpc) is 3.15. The first-order chi connectivity index (χ1) is 15.1. The molecule has 0 unspecified atom stereocenters. The Bertz CT molecular complexity index is 890. The highest BCUT2D eigenvalue weighted by Gasteiger charge is 2.27. The molecule has 0 aromatic heterocycles. The van der Waals surface area contributed by atoms with Gasteiger partial charge in [0.25, 0.3) is 0 Å². The Morgan fingerprint density at radius 2 is 1.90 bits per heavy atom. The van der Waals surface area contributed by atoms with E-state index < -0.39 is 0 Å². The van der Waals surface area contributed by atoms with Crippen molar-refractivity contribution in [2.24, 2.45) is 0 Å². The van der Waals surface area contributed by atoms with E-state index in [1.807, 2.05) is 11.0 Å². The van der Waals surface area contributed by atoms with E-state index in [0.717, 1.165) is 38.0 Å². The molecule has 166 valence electrons. The maximum absolute atomic E-state index is 12.9. The summed E-state index contributed by atoms with van der Waals surface area (Å²) in [5, 5.41) is 0.617. The van der Waals surface area contributed by atoms with Gasteiger partial charge in [-0.3, -0.25) is 9.69 Å². The third kappa shape index (κ3) is 5.52. The number of hydrogen-bond donors (Lipinski definition) is 0. The summed E-state index contributed by atoms with van der Waals surface area (Å²) in [5.74, 6) is 1.57. The number of benzene rings is 2. The molecule has 2 heterocycles. The van der Waals surface area contributed by atoms with Gasteiger partial charge in [0.2, 0.25) is 12.7 Å². The number of carbonyl (C=O) groups is 1. The van der Waals surface area contributed by atoms with E-state index in [4.69, 9.17) is 21.1 Å². The molecule has 1 saturated heterocycles. The van der Waals surface area contributed by atoms with E-state index in [0.29, 0.717) is 35.5 Å². The highest BCUT2D eigenvalue weighted by atomic mass is 35.5. The van der Waals surface area contributed by atoms with E-state index >= 15 is 0 Å². The number of unbranched alkanes of at least 4 members (excludes halogenated alkanes) is 1. The second-order valence-electron chi connectivity index (χ2n) is 8.40. The van der Waals surface area contributed by atoms with Crippen molar-refractivity contribution in [1.29, 1.82) is 0 Å². The van der Waals surface area contributed by atoms with Crippen molar-refractivity contribution >= 4 is 17.5 Å². The fourth-order valence-electron chi connectivity index (χ4n) is 4.41. The van der Waals surface area contributed by atoms with Crippen LogP contribution in [0, 0.1) is 0 Å². The van der Waals surface area contributed by atoms with Gasteiger partial charge in [0.15, 0.2) is 11.5 Å². The number of hydrogen-bond acceptors (Lipinski definition) is 4. The summed E-state index contributed by atoms with van der Waals surface area (Å²) >= 11 is 6.46. The average molecular weight is 443 g/mol. The van der Waals surface area contributed by atoms with Crippen LogP contribution in [-0.4, -0.2) is 41.6 Å². The summed E-state index contributed by atoms with van der Waals surface area (Å²) < 4.78 is 10.9. The first kappa shape index (κ1) is 22.0. The second-order valence-corrected chi connectivity index (χ2v) is 8.81. The van der Waals surface area contributed by atoms with Gasteiger partial charge in [-0.1, -0.05) is 55.3 Å². The minimum atomic E-state index is 0.200. The van der Waals surface area contributed by atoms with E-state index in [1.165, 1.54) is 18.4 Å². The van der Waals surface area contributed by atoms with Gasteiger partial charge >= 0.3 is 0 Å². The van der Waals surface area contributed by atoms with Crippen LogP contribution in [0.2, 0.25) is 5.02 Å². The van der Waals surface area contributed by atoms with Crippen LogP contribution in [0.5, 0.6) is 11.5 Å². The van der Waals surface area contributed by atoms with Gasteiger partial charge in [-0.25, -0.2) is 0 Å². The summed E-state index contributed by atoms with van der Waals surface area (Å²) in [4.78, 5) is 17.4. The largest absolute Gasteiger partial charge is 0.454 e. The monoisotopic (exact) mass is 442 g/mol. The predicted octanol–water partition coefficient (Wildman–Crippen LogP) is 5.25. The number of likely N-dealkylation sites (tertiary alicyclic amines) is 1. The molecule has 0 radical (unpaired) electrons. The summed E-state index contributed by atoms with van der Waals surface area (Å²) in [5.41, 5.74) is 2.24.